The molecule has 0 saturated carbocycles. The van der Waals surface area contributed by atoms with Gasteiger partial charge in [0, 0.05) is 16.3 Å². The van der Waals surface area contributed by atoms with E-state index in [0.29, 0.717) is 22.0 Å². The molecular weight excluding hydrogens is 302 g/mol. The molecule has 1 amide bonds. The second-order valence-corrected chi connectivity index (χ2v) is 5.28. The van der Waals surface area contributed by atoms with E-state index in [1.165, 1.54) is 6.92 Å². The molecule has 1 atom stereocenters. The van der Waals surface area contributed by atoms with Crippen LogP contribution in [0.15, 0.2) is 48.5 Å². The zero-order valence-electron chi connectivity index (χ0n) is 12.3. The highest BCUT2D eigenvalue weighted by Gasteiger charge is 2.15. The van der Waals surface area contributed by atoms with Gasteiger partial charge in [0.25, 0.3) is 5.91 Å². The molecule has 0 spiro atoms. The Kier molecular flexibility index (Phi) is 5.17. The van der Waals surface area contributed by atoms with Gasteiger partial charge in [0.05, 0.1) is 0 Å². The SMILES string of the molecule is CC(=O)c1cccc(NC(=O)[C@H](C)Oc2ccc(Cl)cc2)c1. The topological polar surface area (TPSA) is 55.4 Å². The van der Waals surface area contributed by atoms with E-state index in [0.717, 1.165) is 0 Å². The Balaban J connectivity index is 2.00. The summed E-state index contributed by atoms with van der Waals surface area (Å²) in [4.78, 5) is 23.5. The number of ketones is 1. The van der Waals surface area contributed by atoms with Crippen molar-refractivity contribution in [2.24, 2.45) is 0 Å². The molecule has 0 radical (unpaired) electrons. The van der Waals surface area contributed by atoms with E-state index in [1.807, 2.05) is 0 Å². The predicted octanol–water partition coefficient (Wildman–Crippen LogP) is 3.95. The zero-order chi connectivity index (χ0) is 16.1. The maximum absolute atomic E-state index is 12.1. The molecule has 0 fully saturated rings. The Morgan fingerprint density at radius 1 is 1.14 bits per heavy atom. The van der Waals surface area contributed by atoms with Crippen LogP contribution in [-0.2, 0) is 4.79 Å². The van der Waals surface area contributed by atoms with Gasteiger partial charge in [0.2, 0.25) is 0 Å². The molecule has 4 nitrogen and oxygen atoms in total. The second kappa shape index (κ2) is 7.09. The van der Waals surface area contributed by atoms with Gasteiger partial charge in [-0.05, 0) is 50.2 Å². The van der Waals surface area contributed by atoms with Crippen molar-refractivity contribution in [1.82, 2.24) is 0 Å². The molecule has 0 heterocycles. The number of ether oxygens (including phenoxy) is 1. The minimum atomic E-state index is -0.679. The smallest absolute Gasteiger partial charge is 0.265 e. The second-order valence-electron chi connectivity index (χ2n) is 4.84. The number of benzene rings is 2. The van der Waals surface area contributed by atoms with E-state index in [4.69, 9.17) is 16.3 Å². The largest absolute Gasteiger partial charge is 0.481 e. The van der Waals surface area contributed by atoms with E-state index >= 15 is 0 Å². The first-order valence-corrected chi connectivity index (χ1v) is 7.17. The highest BCUT2D eigenvalue weighted by Crippen LogP contribution is 2.17. The summed E-state index contributed by atoms with van der Waals surface area (Å²) in [6, 6.07) is 13.6. The molecule has 0 unspecified atom stereocenters. The number of rotatable bonds is 5. The maximum Gasteiger partial charge on any atom is 0.265 e. The fourth-order valence-corrected chi connectivity index (χ4v) is 1.96. The number of hydrogen-bond donors (Lipinski definition) is 1. The quantitative estimate of drug-likeness (QED) is 0.850. The van der Waals surface area contributed by atoms with Gasteiger partial charge in [-0.3, -0.25) is 9.59 Å². The Hall–Kier alpha value is -2.33. The minimum Gasteiger partial charge on any atom is -0.481 e. The number of carbonyl (C=O) groups excluding carboxylic acids is 2. The average Bonchev–Trinajstić information content (AvgIpc) is 2.49. The molecule has 0 aliphatic heterocycles. The van der Waals surface area contributed by atoms with Gasteiger partial charge >= 0.3 is 0 Å². The van der Waals surface area contributed by atoms with E-state index in [2.05, 4.69) is 5.32 Å². The molecule has 114 valence electrons. The number of carbonyl (C=O) groups is 2. The van der Waals surface area contributed by atoms with Crippen LogP contribution in [0.5, 0.6) is 5.75 Å². The van der Waals surface area contributed by atoms with Gasteiger partial charge in [0.1, 0.15) is 5.75 Å². The highest BCUT2D eigenvalue weighted by atomic mass is 35.5. The molecule has 0 aliphatic carbocycles. The van der Waals surface area contributed by atoms with Crippen LogP contribution in [-0.4, -0.2) is 17.8 Å². The van der Waals surface area contributed by atoms with E-state index < -0.39 is 6.10 Å². The van der Waals surface area contributed by atoms with Crippen LogP contribution in [0.3, 0.4) is 0 Å². The van der Waals surface area contributed by atoms with Crippen LogP contribution < -0.4 is 10.1 Å². The van der Waals surface area contributed by atoms with Gasteiger partial charge in [0.15, 0.2) is 11.9 Å². The van der Waals surface area contributed by atoms with Gasteiger partial charge < -0.3 is 10.1 Å². The van der Waals surface area contributed by atoms with Crippen LogP contribution >= 0.6 is 11.6 Å². The number of amides is 1. The number of Topliss-reactive ketones (excluding diaryl/α,β-unsaturated/α-hetero) is 1. The minimum absolute atomic E-state index is 0.0541. The van der Waals surface area contributed by atoms with Crippen LogP contribution in [0.4, 0.5) is 5.69 Å². The lowest BCUT2D eigenvalue weighted by molar-refractivity contribution is -0.122. The molecule has 2 aromatic carbocycles. The maximum atomic E-state index is 12.1. The molecule has 0 bridgehead atoms. The lowest BCUT2D eigenvalue weighted by Gasteiger charge is -2.15. The summed E-state index contributed by atoms with van der Waals surface area (Å²) in [6.07, 6.45) is -0.679. The molecule has 0 saturated heterocycles. The first-order valence-electron chi connectivity index (χ1n) is 6.80. The summed E-state index contributed by atoms with van der Waals surface area (Å²) < 4.78 is 5.54. The molecule has 1 N–H and O–H groups in total. The Labute approximate surface area is 134 Å². The van der Waals surface area contributed by atoms with Gasteiger partial charge in [-0.1, -0.05) is 23.7 Å². The summed E-state index contributed by atoms with van der Waals surface area (Å²) in [5.74, 6) is 0.210. The Morgan fingerprint density at radius 2 is 1.82 bits per heavy atom. The number of anilines is 1. The van der Waals surface area contributed by atoms with Gasteiger partial charge in [-0.25, -0.2) is 0 Å². The molecule has 2 aromatic rings. The lowest BCUT2D eigenvalue weighted by atomic mass is 10.1. The standard InChI is InChI=1S/C17H16ClNO3/c1-11(20)13-4-3-5-15(10-13)19-17(21)12(2)22-16-8-6-14(18)7-9-16/h3-10,12H,1-2H3,(H,19,21)/t12-/m0/s1. The Morgan fingerprint density at radius 3 is 2.45 bits per heavy atom. The summed E-state index contributed by atoms with van der Waals surface area (Å²) in [5, 5.41) is 3.33. The van der Waals surface area contributed by atoms with Crippen LogP contribution in [0.1, 0.15) is 24.2 Å². The first-order chi connectivity index (χ1) is 10.5. The van der Waals surface area contributed by atoms with Crippen molar-refractivity contribution in [3.8, 4) is 5.75 Å². The fourth-order valence-electron chi connectivity index (χ4n) is 1.83. The molecular formula is C17H16ClNO3. The van der Waals surface area contributed by atoms with Crippen molar-refractivity contribution >= 4 is 29.0 Å². The summed E-state index contributed by atoms with van der Waals surface area (Å²) in [7, 11) is 0. The third-order valence-electron chi connectivity index (χ3n) is 3.03. The summed E-state index contributed by atoms with van der Waals surface area (Å²) in [5.41, 5.74) is 1.10. The van der Waals surface area contributed by atoms with Crippen molar-refractivity contribution in [1.29, 1.82) is 0 Å². The number of nitrogens with one attached hydrogen (secondary N) is 1. The normalized spacial score (nSPS) is 11.6. The summed E-state index contributed by atoms with van der Waals surface area (Å²) >= 11 is 5.80. The average molecular weight is 318 g/mol. The molecule has 5 heteroatoms. The summed E-state index contributed by atoms with van der Waals surface area (Å²) in [6.45, 7) is 3.13. The molecule has 0 aromatic heterocycles. The third-order valence-corrected chi connectivity index (χ3v) is 3.28. The van der Waals surface area contributed by atoms with Gasteiger partial charge in [-0.15, -0.1) is 0 Å². The van der Waals surface area contributed by atoms with Crippen LogP contribution in [0, 0.1) is 0 Å². The van der Waals surface area contributed by atoms with E-state index in [9.17, 15) is 9.59 Å². The first kappa shape index (κ1) is 16.0. The lowest BCUT2D eigenvalue weighted by Crippen LogP contribution is -2.30. The van der Waals surface area contributed by atoms with Crippen molar-refractivity contribution < 1.29 is 14.3 Å². The third kappa shape index (κ3) is 4.33. The van der Waals surface area contributed by atoms with Crippen molar-refractivity contribution in [3.05, 3.63) is 59.1 Å². The molecule has 0 aliphatic rings. The highest BCUT2D eigenvalue weighted by molar-refractivity contribution is 6.30. The van der Waals surface area contributed by atoms with Crippen molar-refractivity contribution in [2.75, 3.05) is 5.32 Å². The number of hydrogen-bond acceptors (Lipinski definition) is 3. The van der Waals surface area contributed by atoms with E-state index in [-0.39, 0.29) is 11.7 Å². The van der Waals surface area contributed by atoms with Gasteiger partial charge in [-0.2, -0.15) is 0 Å². The monoisotopic (exact) mass is 317 g/mol. The van der Waals surface area contributed by atoms with Crippen LogP contribution in [0.2, 0.25) is 5.02 Å². The van der Waals surface area contributed by atoms with Crippen molar-refractivity contribution in [3.63, 3.8) is 0 Å². The van der Waals surface area contributed by atoms with Crippen LogP contribution in [0.25, 0.3) is 0 Å². The molecule has 2 rings (SSSR count). The number of halogens is 1. The predicted molar refractivity (Wildman–Crippen MR) is 86.6 cm³/mol. The van der Waals surface area contributed by atoms with Crippen molar-refractivity contribution in [2.45, 2.75) is 20.0 Å². The van der Waals surface area contributed by atoms with E-state index in [1.54, 1.807) is 55.5 Å². The Bertz CT molecular complexity index is 683. The molecule has 22 heavy (non-hydrogen) atoms. The fraction of sp³-hybridized carbons (Fsp3) is 0.176. The zero-order valence-corrected chi connectivity index (χ0v) is 13.1.